The highest BCUT2D eigenvalue weighted by molar-refractivity contribution is 7.01. The molecule has 1 fully saturated rings. The molecule has 0 radical (unpaired) electrons. The lowest BCUT2D eigenvalue weighted by Crippen LogP contribution is -2.60. The molecule has 1 aliphatic carbocycles. The van der Waals surface area contributed by atoms with Crippen molar-refractivity contribution in [1.29, 1.82) is 0 Å². The van der Waals surface area contributed by atoms with E-state index in [-0.39, 0.29) is 5.41 Å². The Morgan fingerprint density at radius 2 is 1.42 bits per heavy atom. The summed E-state index contributed by atoms with van der Waals surface area (Å²) < 4.78 is 2.27. The van der Waals surface area contributed by atoms with Crippen LogP contribution >= 0.6 is 0 Å². The Morgan fingerprint density at radius 3 is 2.18 bits per heavy atom. The van der Waals surface area contributed by atoms with E-state index >= 15 is 0 Å². The molecule has 3 aromatic carbocycles. The van der Waals surface area contributed by atoms with E-state index in [9.17, 15) is 0 Å². The average molecular weight is 447 g/mol. The molecule has 2 heteroatoms. The van der Waals surface area contributed by atoms with E-state index < -0.39 is 8.07 Å². The molecule has 1 spiro atoms. The minimum atomic E-state index is -1.70. The van der Waals surface area contributed by atoms with Crippen molar-refractivity contribution in [3.8, 4) is 22.4 Å². The van der Waals surface area contributed by atoms with Gasteiger partial charge in [0.15, 0.2) is 6.20 Å². The van der Waals surface area contributed by atoms with E-state index in [1.165, 1.54) is 46.4 Å². The maximum absolute atomic E-state index is 2.55. The molecule has 0 unspecified atom stereocenters. The highest BCUT2D eigenvalue weighted by atomic mass is 28.3. The number of benzene rings is 3. The van der Waals surface area contributed by atoms with Crippen LogP contribution in [0.4, 0.5) is 0 Å². The Bertz CT molecular complexity index is 1430. The molecule has 0 N–H and O–H groups in total. The predicted molar refractivity (Wildman–Crippen MR) is 141 cm³/mol. The third-order valence-corrected chi connectivity index (χ3v) is 11.8. The second-order valence-corrected chi connectivity index (χ2v) is 15.0. The summed E-state index contributed by atoms with van der Waals surface area (Å²) in [5, 5.41) is 3.29. The molecule has 0 saturated heterocycles. The summed E-state index contributed by atoms with van der Waals surface area (Å²) in [6, 6.07) is 27.8. The van der Waals surface area contributed by atoms with Crippen LogP contribution in [0.2, 0.25) is 13.1 Å². The van der Waals surface area contributed by atoms with Crippen LogP contribution in [-0.2, 0) is 12.5 Å². The van der Waals surface area contributed by atoms with Crippen molar-refractivity contribution >= 4 is 18.4 Å². The first kappa shape index (κ1) is 20.6. The summed E-state index contributed by atoms with van der Waals surface area (Å²) in [6.45, 7) is 9.51. The lowest BCUT2D eigenvalue weighted by molar-refractivity contribution is -0.660. The number of hydrogen-bond acceptors (Lipinski definition) is 0. The van der Waals surface area contributed by atoms with Gasteiger partial charge < -0.3 is 0 Å². The number of rotatable bonds is 2. The minimum absolute atomic E-state index is 0.247. The monoisotopic (exact) mass is 446 g/mol. The van der Waals surface area contributed by atoms with Gasteiger partial charge in [0.2, 0.25) is 5.69 Å². The summed E-state index contributed by atoms with van der Waals surface area (Å²) in [4.78, 5) is 0. The quantitative estimate of drug-likeness (QED) is 0.276. The SMILES string of the molecule is Cc1c[n+](C)c(-c2ccccc2C)cc1-c1ccc2c(c1)C1(CC1)c1ccccc1[Si]2(C)C. The Morgan fingerprint density at radius 1 is 0.727 bits per heavy atom. The van der Waals surface area contributed by atoms with Crippen LogP contribution in [0.1, 0.15) is 35.1 Å². The highest BCUT2D eigenvalue weighted by Crippen LogP contribution is 2.55. The Kier molecular flexibility index (Phi) is 4.38. The van der Waals surface area contributed by atoms with Gasteiger partial charge in [-0.05, 0) is 60.6 Å². The Balaban J connectivity index is 1.55. The summed E-state index contributed by atoms with van der Waals surface area (Å²) in [5.41, 5.74) is 11.4. The van der Waals surface area contributed by atoms with Crippen LogP contribution in [-0.4, -0.2) is 8.07 Å². The molecule has 164 valence electrons. The summed E-state index contributed by atoms with van der Waals surface area (Å²) in [7, 11) is 0.460. The van der Waals surface area contributed by atoms with Gasteiger partial charge in [-0.3, -0.25) is 0 Å². The van der Waals surface area contributed by atoms with Crippen LogP contribution in [0.15, 0.2) is 79.0 Å². The third-order valence-electron chi connectivity index (χ3n) is 8.28. The van der Waals surface area contributed by atoms with Crippen molar-refractivity contribution in [2.75, 3.05) is 0 Å². The summed E-state index contributed by atoms with van der Waals surface area (Å²) >= 11 is 0. The molecule has 0 amide bonds. The number of fused-ring (bicyclic) bond motifs is 4. The molecular formula is C31H32NSi+. The molecule has 33 heavy (non-hydrogen) atoms. The molecule has 4 aromatic rings. The molecule has 2 heterocycles. The van der Waals surface area contributed by atoms with Crippen LogP contribution in [0, 0.1) is 13.8 Å². The van der Waals surface area contributed by atoms with Gasteiger partial charge in [0, 0.05) is 22.6 Å². The summed E-state index contributed by atoms with van der Waals surface area (Å²) in [6.07, 6.45) is 4.85. The smallest absolute Gasteiger partial charge is 0.201 e. The number of aromatic nitrogens is 1. The zero-order valence-corrected chi connectivity index (χ0v) is 21.4. The number of hydrogen-bond donors (Lipinski definition) is 0. The second kappa shape index (κ2) is 7.01. The first-order valence-electron chi connectivity index (χ1n) is 12.1. The van der Waals surface area contributed by atoms with Crippen molar-refractivity contribution in [3.63, 3.8) is 0 Å². The number of pyridine rings is 1. The molecule has 1 aliphatic heterocycles. The fourth-order valence-electron chi connectivity index (χ4n) is 6.27. The van der Waals surface area contributed by atoms with Gasteiger partial charge in [-0.25, -0.2) is 4.57 Å². The minimum Gasteiger partial charge on any atom is -0.201 e. The lowest BCUT2D eigenvalue weighted by Gasteiger charge is -2.39. The van der Waals surface area contributed by atoms with Gasteiger partial charge in [-0.2, -0.15) is 0 Å². The molecule has 2 aliphatic rings. The highest BCUT2D eigenvalue weighted by Gasteiger charge is 2.54. The van der Waals surface area contributed by atoms with Crippen molar-refractivity contribution in [2.45, 2.75) is 45.2 Å². The molecular weight excluding hydrogens is 414 g/mol. The first-order chi connectivity index (χ1) is 15.8. The predicted octanol–water partition coefficient (Wildman–Crippen LogP) is 5.68. The number of aryl methyl sites for hydroxylation is 3. The van der Waals surface area contributed by atoms with Gasteiger partial charge in [0.1, 0.15) is 15.1 Å². The standard InChI is InChI=1S/C31H32NSi/c1-21-10-6-7-11-24(21)28-19-25(22(2)20-32(28)3)23-14-15-30-27(18-23)31(16-17-31)26-12-8-9-13-29(26)33(30,4)5/h6-15,18-20H,16-17H2,1-5H3/q+1. The lowest BCUT2D eigenvalue weighted by atomic mass is 9.85. The van der Waals surface area contributed by atoms with Gasteiger partial charge in [0.25, 0.3) is 0 Å². The third kappa shape index (κ3) is 2.93. The maximum Gasteiger partial charge on any atom is 0.213 e. The van der Waals surface area contributed by atoms with Gasteiger partial charge >= 0.3 is 0 Å². The van der Waals surface area contributed by atoms with E-state index in [0.29, 0.717) is 0 Å². The summed E-state index contributed by atoms with van der Waals surface area (Å²) in [5.74, 6) is 0. The topological polar surface area (TPSA) is 3.88 Å². The molecule has 1 saturated carbocycles. The van der Waals surface area contributed by atoms with Crippen LogP contribution < -0.4 is 14.9 Å². The van der Waals surface area contributed by atoms with E-state index in [2.05, 4.69) is 118 Å². The fourth-order valence-corrected chi connectivity index (χ4v) is 9.56. The zero-order chi connectivity index (χ0) is 23.0. The molecule has 0 bridgehead atoms. The molecule has 1 nitrogen and oxygen atoms in total. The van der Waals surface area contributed by atoms with E-state index in [1.807, 2.05) is 0 Å². The van der Waals surface area contributed by atoms with Crippen LogP contribution in [0.3, 0.4) is 0 Å². The first-order valence-corrected chi connectivity index (χ1v) is 15.1. The average Bonchev–Trinajstić information content (AvgIpc) is 3.61. The van der Waals surface area contributed by atoms with Gasteiger partial charge in [-0.1, -0.05) is 84.1 Å². The fraction of sp³-hybridized carbons (Fsp3) is 0.258. The van der Waals surface area contributed by atoms with Gasteiger partial charge in [-0.15, -0.1) is 0 Å². The van der Waals surface area contributed by atoms with E-state index in [4.69, 9.17) is 0 Å². The van der Waals surface area contributed by atoms with Crippen molar-refractivity contribution in [3.05, 3.63) is 101 Å². The second-order valence-electron chi connectivity index (χ2n) is 10.7. The Labute approximate surface area is 198 Å². The Hall–Kier alpha value is -2.97. The normalized spacial score (nSPS) is 16.9. The van der Waals surface area contributed by atoms with Crippen LogP contribution in [0.25, 0.3) is 22.4 Å². The van der Waals surface area contributed by atoms with Crippen molar-refractivity contribution < 1.29 is 4.57 Å². The van der Waals surface area contributed by atoms with Gasteiger partial charge in [0.05, 0.1) is 0 Å². The van der Waals surface area contributed by atoms with Crippen molar-refractivity contribution in [1.82, 2.24) is 0 Å². The number of nitrogens with zero attached hydrogens (tertiary/aromatic N) is 1. The van der Waals surface area contributed by atoms with Crippen molar-refractivity contribution in [2.24, 2.45) is 7.05 Å². The molecule has 1 aromatic heterocycles. The maximum atomic E-state index is 2.55. The van der Waals surface area contributed by atoms with Crippen LogP contribution in [0.5, 0.6) is 0 Å². The molecule has 6 rings (SSSR count). The largest absolute Gasteiger partial charge is 0.213 e. The zero-order valence-electron chi connectivity index (χ0n) is 20.4. The molecule has 0 atom stereocenters. The van der Waals surface area contributed by atoms with E-state index in [1.54, 1.807) is 21.5 Å². The van der Waals surface area contributed by atoms with E-state index in [0.717, 1.165) is 0 Å².